The lowest BCUT2D eigenvalue weighted by atomic mass is 9.87. The van der Waals surface area contributed by atoms with Crippen molar-refractivity contribution in [3.8, 4) is 0 Å². The molecule has 1 rings (SSSR count). The molecule has 0 radical (unpaired) electrons. The first-order valence-corrected chi connectivity index (χ1v) is 7.37. The van der Waals surface area contributed by atoms with E-state index < -0.39 is 0 Å². The van der Waals surface area contributed by atoms with Crippen molar-refractivity contribution in [2.24, 2.45) is 5.41 Å². The number of hydrogen-bond donors (Lipinski definition) is 1. The molecule has 2 nitrogen and oxygen atoms in total. The molecule has 0 aliphatic heterocycles. The summed E-state index contributed by atoms with van der Waals surface area (Å²) in [7, 11) is 2.22. The van der Waals surface area contributed by atoms with Crippen molar-refractivity contribution in [2.45, 2.75) is 71.9 Å². The lowest BCUT2D eigenvalue weighted by Crippen LogP contribution is -2.38. The molecule has 17 heavy (non-hydrogen) atoms. The standard InChI is InChI=1S/C15H32N2/c1-13(2)17(5)12-7-6-11-16-14-9-8-10-15(14,3)4/h13-14,16H,6-12H2,1-5H3. The largest absolute Gasteiger partial charge is 0.313 e. The highest BCUT2D eigenvalue weighted by atomic mass is 15.1. The topological polar surface area (TPSA) is 15.3 Å². The fraction of sp³-hybridized carbons (Fsp3) is 1.00. The molecular formula is C15H32N2. The zero-order valence-corrected chi connectivity index (χ0v) is 12.6. The Labute approximate surface area is 108 Å². The minimum absolute atomic E-state index is 0.523. The smallest absolute Gasteiger partial charge is 0.0118 e. The molecule has 1 unspecified atom stereocenters. The highest BCUT2D eigenvalue weighted by molar-refractivity contribution is 4.89. The highest BCUT2D eigenvalue weighted by Crippen LogP contribution is 2.37. The van der Waals surface area contributed by atoms with Crippen molar-refractivity contribution in [2.75, 3.05) is 20.1 Å². The van der Waals surface area contributed by atoms with Crippen molar-refractivity contribution in [3.05, 3.63) is 0 Å². The number of nitrogens with one attached hydrogen (secondary N) is 1. The van der Waals surface area contributed by atoms with Crippen LogP contribution in [0.1, 0.15) is 59.8 Å². The molecule has 0 amide bonds. The van der Waals surface area contributed by atoms with Gasteiger partial charge in [-0.2, -0.15) is 0 Å². The highest BCUT2D eigenvalue weighted by Gasteiger charge is 2.33. The number of rotatable bonds is 7. The Balaban J connectivity index is 2.05. The Morgan fingerprint density at radius 2 is 2.00 bits per heavy atom. The molecule has 1 aliphatic carbocycles. The second-order valence-corrected chi connectivity index (χ2v) is 6.67. The maximum atomic E-state index is 3.76. The molecule has 0 heterocycles. The van der Waals surface area contributed by atoms with Crippen molar-refractivity contribution in [1.29, 1.82) is 0 Å². The lowest BCUT2D eigenvalue weighted by Gasteiger charge is -2.28. The molecule has 0 saturated heterocycles. The second-order valence-electron chi connectivity index (χ2n) is 6.67. The van der Waals surface area contributed by atoms with E-state index in [9.17, 15) is 0 Å². The minimum Gasteiger partial charge on any atom is -0.313 e. The monoisotopic (exact) mass is 240 g/mol. The lowest BCUT2D eigenvalue weighted by molar-refractivity contribution is 0.259. The van der Waals surface area contributed by atoms with Gasteiger partial charge in [0.05, 0.1) is 0 Å². The molecule has 1 atom stereocenters. The van der Waals surface area contributed by atoms with E-state index in [4.69, 9.17) is 0 Å². The third kappa shape index (κ3) is 4.97. The fourth-order valence-electron chi connectivity index (χ4n) is 2.73. The molecule has 2 heteroatoms. The maximum Gasteiger partial charge on any atom is 0.0118 e. The van der Waals surface area contributed by atoms with E-state index >= 15 is 0 Å². The van der Waals surface area contributed by atoms with Gasteiger partial charge >= 0.3 is 0 Å². The van der Waals surface area contributed by atoms with Crippen LogP contribution in [0.15, 0.2) is 0 Å². The Kier molecular flexibility index (Phi) is 5.94. The van der Waals surface area contributed by atoms with Crippen LogP contribution in [0, 0.1) is 5.41 Å². The van der Waals surface area contributed by atoms with E-state index in [0.717, 1.165) is 6.04 Å². The van der Waals surface area contributed by atoms with Crippen LogP contribution in [-0.4, -0.2) is 37.1 Å². The summed E-state index contributed by atoms with van der Waals surface area (Å²) in [6.45, 7) is 11.8. The number of unbranched alkanes of at least 4 members (excludes halogenated alkanes) is 1. The van der Waals surface area contributed by atoms with Crippen LogP contribution in [0.25, 0.3) is 0 Å². The van der Waals surface area contributed by atoms with Gasteiger partial charge in [0.2, 0.25) is 0 Å². The minimum atomic E-state index is 0.523. The molecule has 1 fully saturated rings. The van der Waals surface area contributed by atoms with Crippen LogP contribution in [0.2, 0.25) is 0 Å². The van der Waals surface area contributed by atoms with E-state index in [1.165, 1.54) is 45.2 Å². The molecule has 0 spiro atoms. The first-order chi connectivity index (χ1) is 7.93. The van der Waals surface area contributed by atoms with Crippen molar-refractivity contribution >= 4 is 0 Å². The van der Waals surface area contributed by atoms with Crippen LogP contribution in [0.3, 0.4) is 0 Å². The second kappa shape index (κ2) is 6.75. The maximum absolute atomic E-state index is 3.76. The normalized spacial score (nSPS) is 23.8. The molecule has 1 N–H and O–H groups in total. The summed E-state index contributed by atoms with van der Waals surface area (Å²) in [5.74, 6) is 0. The van der Waals surface area contributed by atoms with Gasteiger partial charge in [-0.1, -0.05) is 20.3 Å². The predicted octanol–water partition coefficient (Wildman–Crippen LogP) is 3.28. The van der Waals surface area contributed by atoms with Gasteiger partial charge < -0.3 is 10.2 Å². The van der Waals surface area contributed by atoms with Gasteiger partial charge in [-0.05, 0) is 65.1 Å². The van der Waals surface area contributed by atoms with E-state index in [2.05, 4.69) is 45.0 Å². The van der Waals surface area contributed by atoms with E-state index in [1.54, 1.807) is 0 Å². The van der Waals surface area contributed by atoms with Gasteiger partial charge in [0.15, 0.2) is 0 Å². The van der Waals surface area contributed by atoms with Crippen molar-refractivity contribution in [1.82, 2.24) is 10.2 Å². The molecule has 1 saturated carbocycles. The zero-order valence-electron chi connectivity index (χ0n) is 12.6. The summed E-state index contributed by atoms with van der Waals surface area (Å²) in [6.07, 6.45) is 6.79. The van der Waals surface area contributed by atoms with Crippen molar-refractivity contribution < 1.29 is 0 Å². The summed E-state index contributed by atoms with van der Waals surface area (Å²) in [5, 5.41) is 3.76. The van der Waals surface area contributed by atoms with Crippen LogP contribution >= 0.6 is 0 Å². The van der Waals surface area contributed by atoms with Crippen LogP contribution in [-0.2, 0) is 0 Å². The molecule has 102 valence electrons. The summed E-state index contributed by atoms with van der Waals surface area (Å²) in [5.41, 5.74) is 0.523. The Bertz CT molecular complexity index is 211. The summed E-state index contributed by atoms with van der Waals surface area (Å²) in [4.78, 5) is 2.43. The SMILES string of the molecule is CC(C)N(C)CCCCNC1CCCC1(C)C. The van der Waals surface area contributed by atoms with Crippen LogP contribution in [0.4, 0.5) is 0 Å². The van der Waals surface area contributed by atoms with E-state index in [1.807, 2.05) is 0 Å². The van der Waals surface area contributed by atoms with Crippen LogP contribution < -0.4 is 5.32 Å². The summed E-state index contributed by atoms with van der Waals surface area (Å²) < 4.78 is 0. The molecule has 0 aromatic carbocycles. The molecule has 0 aromatic heterocycles. The molecule has 0 aromatic rings. The van der Waals surface area contributed by atoms with E-state index in [-0.39, 0.29) is 0 Å². The molecular weight excluding hydrogens is 208 g/mol. The third-order valence-electron chi connectivity index (χ3n) is 4.47. The quantitative estimate of drug-likeness (QED) is 0.687. The Hall–Kier alpha value is -0.0800. The van der Waals surface area contributed by atoms with Gasteiger partial charge in [0, 0.05) is 12.1 Å². The Morgan fingerprint density at radius 3 is 2.53 bits per heavy atom. The first-order valence-electron chi connectivity index (χ1n) is 7.37. The van der Waals surface area contributed by atoms with Crippen LogP contribution in [0.5, 0.6) is 0 Å². The Morgan fingerprint density at radius 1 is 1.29 bits per heavy atom. The van der Waals surface area contributed by atoms with Gasteiger partial charge in [0.1, 0.15) is 0 Å². The summed E-state index contributed by atoms with van der Waals surface area (Å²) in [6, 6.07) is 1.43. The zero-order chi connectivity index (χ0) is 12.9. The third-order valence-corrected chi connectivity index (χ3v) is 4.47. The fourth-order valence-corrected chi connectivity index (χ4v) is 2.73. The molecule has 0 bridgehead atoms. The van der Waals surface area contributed by atoms with Gasteiger partial charge in [-0.3, -0.25) is 0 Å². The molecule has 1 aliphatic rings. The van der Waals surface area contributed by atoms with Gasteiger partial charge in [0.25, 0.3) is 0 Å². The predicted molar refractivity (Wildman–Crippen MR) is 76.4 cm³/mol. The van der Waals surface area contributed by atoms with Gasteiger partial charge in [-0.15, -0.1) is 0 Å². The van der Waals surface area contributed by atoms with Crippen molar-refractivity contribution in [3.63, 3.8) is 0 Å². The van der Waals surface area contributed by atoms with Gasteiger partial charge in [-0.25, -0.2) is 0 Å². The van der Waals surface area contributed by atoms with E-state index in [0.29, 0.717) is 11.5 Å². The average molecular weight is 240 g/mol. The first kappa shape index (κ1) is 15.0. The number of nitrogens with zero attached hydrogens (tertiary/aromatic N) is 1. The summed E-state index contributed by atoms with van der Waals surface area (Å²) >= 11 is 0. The number of hydrogen-bond acceptors (Lipinski definition) is 2. The average Bonchev–Trinajstić information content (AvgIpc) is 2.57.